The lowest BCUT2D eigenvalue weighted by Crippen LogP contribution is -1.85. The second kappa shape index (κ2) is 3.79. The highest BCUT2D eigenvalue weighted by Gasteiger charge is 2.09. The van der Waals surface area contributed by atoms with Crippen molar-refractivity contribution in [1.29, 1.82) is 0 Å². The summed E-state index contributed by atoms with van der Waals surface area (Å²) in [5.41, 5.74) is 0.746. The fraction of sp³-hybridized carbons (Fsp3) is 0.286. The number of nitrogens with zero attached hydrogens (tertiary/aromatic N) is 3. The molecular formula is C7H7IN4S. The van der Waals surface area contributed by atoms with Crippen LogP contribution in [0.15, 0.2) is 11.4 Å². The molecular weight excluding hydrogens is 299 g/mol. The number of nitrogens with one attached hydrogen (secondary N) is 1. The number of aromatic nitrogens is 4. The van der Waals surface area contributed by atoms with Crippen molar-refractivity contribution in [2.75, 3.05) is 5.75 Å². The fourth-order valence-electron chi connectivity index (χ4n) is 1.04. The molecule has 0 aliphatic rings. The first-order valence-electron chi connectivity index (χ1n) is 3.80. The molecule has 68 valence electrons. The molecule has 0 saturated carbocycles. The smallest absolute Gasteiger partial charge is 0.186 e. The van der Waals surface area contributed by atoms with Gasteiger partial charge in [-0.15, -0.1) is 11.8 Å². The molecule has 4 nitrogen and oxygen atoms in total. The third-order valence-electron chi connectivity index (χ3n) is 1.55. The zero-order chi connectivity index (χ0) is 9.26. The first-order valence-corrected chi connectivity index (χ1v) is 5.86. The summed E-state index contributed by atoms with van der Waals surface area (Å²) in [6.07, 6.45) is 1.55. The lowest BCUT2D eigenvalue weighted by atomic mass is 10.4. The number of aromatic amines is 1. The summed E-state index contributed by atoms with van der Waals surface area (Å²) in [7, 11) is 0. The summed E-state index contributed by atoms with van der Waals surface area (Å²) in [6, 6.07) is 0. The molecule has 0 saturated heterocycles. The molecule has 2 heterocycles. The molecule has 0 spiro atoms. The summed E-state index contributed by atoms with van der Waals surface area (Å²) in [4.78, 5) is 8.29. The Bertz CT molecular complexity index is 427. The van der Waals surface area contributed by atoms with Gasteiger partial charge in [-0.3, -0.25) is 5.10 Å². The molecule has 1 N–H and O–H groups in total. The number of H-pyrrole nitrogens is 1. The van der Waals surface area contributed by atoms with E-state index >= 15 is 0 Å². The van der Waals surface area contributed by atoms with Gasteiger partial charge in [0.1, 0.15) is 15.1 Å². The third-order valence-corrected chi connectivity index (χ3v) is 3.21. The number of fused-ring (bicyclic) bond motifs is 1. The van der Waals surface area contributed by atoms with Gasteiger partial charge in [0.25, 0.3) is 0 Å². The van der Waals surface area contributed by atoms with Gasteiger partial charge in [-0.25, -0.2) is 9.97 Å². The molecule has 2 rings (SSSR count). The zero-order valence-corrected chi connectivity index (χ0v) is 9.89. The van der Waals surface area contributed by atoms with E-state index in [-0.39, 0.29) is 0 Å². The van der Waals surface area contributed by atoms with Crippen molar-refractivity contribution in [1.82, 2.24) is 20.2 Å². The molecule has 0 atom stereocenters. The molecule has 2 aromatic heterocycles. The summed E-state index contributed by atoms with van der Waals surface area (Å²) in [5.74, 6) is 1.01. The number of halogens is 1. The topological polar surface area (TPSA) is 54.5 Å². The Kier molecular flexibility index (Phi) is 2.68. The summed E-state index contributed by atoms with van der Waals surface area (Å²) >= 11 is 3.91. The molecule has 2 aromatic rings. The fourth-order valence-corrected chi connectivity index (χ4v) is 2.57. The minimum Gasteiger partial charge on any atom is -0.269 e. The first kappa shape index (κ1) is 9.20. The summed E-state index contributed by atoms with van der Waals surface area (Å²) < 4.78 is 1.00. The molecule has 0 aliphatic heterocycles. The molecule has 0 bridgehead atoms. The maximum atomic E-state index is 4.22. The van der Waals surface area contributed by atoms with Gasteiger partial charge in [0.05, 0.1) is 5.39 Å². The van der Waals surface area contributed by atoms with E-state index in [9.17, 15) is 0 Å². The zero-order valence-electron chi connectivity index (χ0n) is 6.91. The highest BCUT2D eigenvalue weighted by molar-refractivity contribution is 14.1. The van der Waals surface area contributed by atoms with Crippen LogP contribution < -0.4 is 0 Å². The summed E-state index contributed by atoms with van der Waals surface area (Å²) in [5, 5.41) is 9.00. The van der Waals surface area contributed by atoms with Crippen LogP contribution >= 0.6 is 34.4 Å². The van der Waals surface area contributed by atoms with Crippen LogP contribution in [0, 0.1) is 3.70 Å². The van der Waals surface area contributed by atoms with E-state index in [4.69, 9.17) is 0 Å². The van der Waals surface area contributed by atoms with Gasteiger partial charge < -0.3 is 0 Å². The van der Waals surface area contributed by atoms with E-state index in [0.29, 0.717) is 0 Å². The van der Waals surface area contributed by atoms with Gasteiger partial charge in [-0.05, 0) is 28.3 Å². The van der Waals surface area contributed by atoms with Crippen molar-refractivity contribution >= 4 is 45.4 Å². The quantitative estimate of drug-likeness (QED) is 0.524. The number of thioether (sulfide) groups is 1. The second-order valence-electron chi connectivity index (χ2n) is 2.35. The molecule has 0 unspecified atom stereocenters. The van der Waals surface area contributed by atoms with Crippen LogP contribution in [-0.4, -0.2) is 25.9 Å². The Morgan fingerprint density at radius 2 is 2.38 bits per heavy atom. The Balaban J connectivity index is 2.65. The van der Waals surface area contributed by atoms with Gasteiger partial charge >= 0.3 is 0 Å². The van der Waals surface area contributed by atoms with Crippen molar-refractivity contribution in [3.8, 4) is 0 Å². The van der Waals surface area contributed by atoms with Crippen LogP contribution in [0.25, 0.3) is 11.0 Å². The highest BCUT2D eigenvalue weighted by Crippen LogP contribution is 2.26. The molecule has 0 radical (unpaired) electrons. The van der Waals surface area contributed by atoms with Crippen molar-refractivity contribution in [3.05, 3.63) is 10.0 Å². The van der Waals surface area contributed by atoms with Gasteiger partial charge in [-0.1, -0.05) is 6.92 Å². The Hall–Kier alpha value is -0.370. The van der Waals surface area contributed by atoms with Gasteiger partial charge in [0, 0.05) is 0 Å². The Morgan fingerprint density at radius 3 is 3.15 bits per heavy atom. The van der Waals surface area contributed by atoms with Crippen molar-refractivity contribution in [2.45, 2.75) is 11.9 Å². The molecule has 13 heavy (non-hydrogen) atoms. The van der Waals surface area contributed by atoms with E-state index in [2.05, 4.69) is 49.7 Å². The number of hydrogen-bond donors (Lipinski definition) is 1. The number of hydrogen-bond acceptors (Lipinski definition) is 4. The SMILES string of the molecule is CCSc1ncnc2n[nH]c(I)c12. The van der Waals surface area contributed by atoms with Crippen molar-refractivity contribution in [2.24, 2.45) is 0 Å². The number of rotatable bonds is 2. The average molecular weight is 306 g/mol. The second-order valence-corrected chi connectivity index (χ2v) is 4.68. The van der Waals surface area contributed by atoms with Crippen molar-refractivity contribution < 1.29 is 0 Å². The van der Waals surface area contributed by atoms with Gasteiger partial charge in [0.15, 0.2) is 5.65 Å². The summed E-state index contributed by atoms with van der Waals surface area (Å²) in [6.45, 7) is 2.10. The molecule has 0 aliphatic carbocycles. The molecule has 0 amide bonds. The predicted molar refractivity (Wildman–Crippen MR) is 60.8 cm³/mol. The van der Waals surface area contributed by atoms with Gasteiger partial charge in [0.2, 0.25) is 0 Å². The standard InChI is InChI=1S/C7H7IN4S/c1-2-13-7-4-5(8)11-12-6(4)9-3-10-7/h3H,2H2,1H3,(H,9,10,11,12). The molecule has 0 fully saturated rings. The maximum absolute atomic E-state index is 4.22. The first-order chi connectivity index (χ1) is 6.33. The third kappa shape index (κ3) is 1.64. The molecule has 0 aromatic carbocycles. The lowest BCUT2D eigenvalue weighted by molar-refractivity contribution is 1.06. The van der Waals surface area contributed by atoms with Crippen molar-refractivity contribution in [3.63, 3.8) is 0 Å². The largest absolute Gasteiger partial charge is 0.269 e. The van der Waals surface area contributed by atoms with Crippen LogP contribution in [0.4, 0.5) is 0 Å². The van der Waals surface area contributed by atoms with Crippen LogP contribution in [0.3, 0.4) is 0 Å². The maximum Gasteiger partial charge on any atom is 0.186 e. The van der Waals surface area contributed by atoms with Crippen LogP contribution in [0.2, 0.25) is 0 Å². The van der Waals surface area contributed by atoms with Gasteiger partial charge in [-0.2, -0.15) is 5.10 Å². The van der Waals surface area contributed by atoms with E-state index in [1.165, 1.54) is 0 Å². The Morgan fingerprint density at radius 1 is 1.54 bits per heavy atom. The van der Waals surface area contributed by atoms with E-state index in [1.807, 2.05) is 0 Å². The van der Waals surface area contributed by atoms with Crippen LogP contribution in [-0.2, 0) is 0 Å². The van der Waals surface area contributed by atoms with E-state index in [0.717, 1.165) is 25.5 Å². The minimum absolute atomic E-state index is 0.746. The van der Waals surface area contributed by atoms with E-state index < -0.39 is 0 Å². The highest BCUT2D eigenvalue weighted by atomic mass is 127. The normalized spacial score (nSPS) is 10.9. The van der Waals surface area contributed by atoms with E-state index in [1.54, 1.807) is 18.1 Å². The minimum atomic E-state index is 0.746. The molecule has 6 heteroatoms. The monoisotopic (exact) mass is 306 g/mol. The van der Waals surface area contributed by atoms with Crippen LogP contribution in [0.1, 0.15) is 6.92 Å². The predicted octanol–water partition coefficient (Wildman–Crippen LogP) is 2.07. The van der Waals surface area contributed by atoms with Crippen LogP contribution in [0.5, 0.6) is 0 Å². The lowest BCUT2D eigenvalue weighted by Gasteiger charge is -1.97. The Labute approximate surface area is 93.1 Å². The average Bonchev–Trinajstić information content (AvgIpc) is 2.50.